The molecule has 0 aromatic heterocycles. The van der Waals surface area contributed by atoms with Crippen LogP contribution in [0.4, 0.5) is 4.79 Å². The van der Waals surface area contributed by atoms with E-state index in [1.807, 2.05) is 0 Å². The van der Waals surface area contributed by atoms with Gasteiger partial charge in [0.2, 0.25) is 5.91 Å². The van der Waals surface area contributed by atoms with Gasteiger partial charge in [-0.25, -0.2) is 9.59 Å². The maximum atomic E-state index is 11.5. The second kappa shape index (κ2) is 12.0. The van der Waals surface area contributed by atoms with E-state index >= 15 is 0 Å². The SMILES string of the molecule is CCCCCCCCNC(=O)NC(CCC(N)=O)C(=O)O. The van der Waals surface area contributed by atoms with Crippen molar-refractivity contribution in [2.75, 3.05) is 6.54 Å². The van der Waals surface area contributed by atoms with Gasteiger partial charge in [0.05, 0.1) is 0 Å². The molecule has 3 amide bonds. The summed E-state index contributed by atoms with van der Waals surface area (Å²) in [5.74, 6) is -1.76. The van der Waals surface area contributed by atoms with Gasteiger partial charge in [-0.2, -0.15) is 0 Å². The molecule has 21 heavy (non-hydrogen) atoms. The number of nitrogens with two attached hydrogens (primary N) is 1. The molecule has 0 saturated heterocycles. The van der Waals surface area contributed by atoms with E-state index in [1.54, 1.807) is 0 Å². The van der Waals surface area contributed by atoms with Crippen LogP contribution in [0.1, 0.15) is 58.3 Å². The number of carboxylic acids is 1. The Labute approximate surface area is 125 Å². The summed E-state index contributed by atoms with van der Waals surface area (Å²) in [5, 5.41) is 13.9. The summed E-state index contributed by atoms with van der Waals surface area (Å²) in [4.78, 5) is 33.1. The molecule has 0 saturated carbocycles. The minimum Gasteiger partial charge on any atom is -0.480 e. The van der Waals surface area contributed by atoms with E-state index in [0.717, 1.165) is 19.3 Å². The highest BCUT2D eigenvalue weighted by molar-refractivity contribution is 5.83. The van der Waals surface area contributed by atoms with Crippen molar-refractivity contribution in [1.82, 2.24) is 10.6 Å². The Morgan fingerprint density at radius 2 is 1.71 bits per heavy atom. The van der Waals surface area contributed by atoms with Crippen LogP contribution in [0.2, 0.25) is 0 Å². The molecule has 0 aliphatic heterocycles. The largest absolute Gasteiger partial charge is 0.480 e. The molecule has 1 atom stereocenters. The molecule has 0 heterocycles. The van der Waals surface area contributed by atoms with Crippen molar-refractivity contribution >= 4 is 17.9 Å². The lowest BCUT2D eigenvalue weighted by atomic mass is 10.1. The van der Waals surface area contributed by atoms with Gasteiger partial charge < -0.3 is 21.5 Å². The number of hydrogen-bond donors (Lipinski definition) is 4. The lowest BCUT2D eigenvalue weighted by molar-refractivity contribution is -0.139. The first-order chi connectivity index (χ1) is 9.97. The molecule has 122 valence electrons. The number of hydrogen-bond acceptors (Lipinski definition) is 3. The Kier molecular flexibility index (Phi) is 11.0. The molecular weight excluding hydrogens is 274 g/mol. The molecule has 0 fully saturated rings. The molecule has 0 aliphatic rings. The summed E-state index contributed by atoms with van der Waals surface area (Å²) in [6.07, 6.45) is 6.62. The number of carbonyl (C=O) groups excluding carboxylic acids is 2. The fourth-order valence-electron chi connectivity index (χ4n) is 1.86. The average Bonchev–Trinajstić information content (AvgIpc) is 2.41. The standard InChI is InChI=1S/C14H27N3O4/c1-2-3-4-5-6-7-10-16-14(21)17-11(13(19)20)8-9-12(15)18/h11H,2-10H2,1H3,(H2,15,18)(H,19,20)(H2,16,17,21). The number of nitrogens with one attached hydrogen (secondary N) is 2. The lowest BCUT2D eigenvalue weighted by Gasteiger charge is -2.14. The topological polar surface area (TPSA) is 122 Å². The number of aliphatic carboxylic acids is 1. The van der Waals surface area contributed by atoms with Crippen LogP contribution in [0, 0.1) is 0 Å². The van der Waals surface area contributed by atoms with Crippen molar-refractivity contribution in [1.29, 1.82) is 0 Å². The number of rotatable bonds is 12. The third kappa shape index (κ3) is 11.7. The van der Waals surface area contributed by atoms with Crippen LogP contribution in [-0.4, -0.2) is 35.6 Å². The zero-order valence-electron chi connectivity index (χ0n) is 12.7. The quantitative estimate of drug-likeness (QED) is 0.407. The zero-order valence-corrected chi connectivity index (χ0v) is 12.7. The van der Waals surface area contributed by atoms with Crippen molar-refractivity contribution in [2.24, 2.45) is 5.73 Å². The molecule has 7 heteroatoms. The summed E-state index contributed by atoms with van der Waals surface area (Å²) < 4.78 is 0. The number of amides is 3. The van der Waals surface area contributed by atoms with Crippen LogP contribution in [0.15, 0.2) is 0 Å². The molecule has 5 N–H and O–H groups in total. The van der Waals surface area contributed by atoms with Crippen LogP contribution >= 0.6 is 0 Å². The Morgan fingerprint density at radius 1 is 1.10 bits per heavy atom. The second-order valence-corrected chi connectivity index (χ2v) is 5.06. The van der Waals surface area contributed by atoms with Crippen molar-refractivity contribution < 1.29 is 19.5 Å². The predicted molar refractivity (Wildman–Crippen MR) is 79.8 cm³/mol. The summed E-state index contributed by atoms with van der Waals surface area (Å²) in [6.45, 7) is 2.67. The van der Waals surface area contributed by atoms with E-state index in [1.165, 1.54) is 19.3 Å². The molecule has 0 rings (SSSR count). The van der Waals surface area contributed by atoms with Gasteiger partial charge in [-0.1, -0.05) is 39.0 Å². The highest BCUT2D eigenvalue weighted by Crippen LogP contribution is 2.04. The fraction of sp³-hybridized carbons (Fsp3) is 0.786. The van der Waals surface area contributed by atoms with Crippen molar-refractivity contribution in [3.05, 3.63) is 0 Å². The Bertz CT molecular complexity index is 334. The number of carboxylic acid groups (broad SMARTS) is 1. The summed E-state index contributed by atoms with van der Waals surface area (Å²) >= 11 is 0. The molecule has 1 unspecified atom stereocenters. The Hall–Kier alpha value is -1.79. The molecule has 0 radical (unpaired) electrons. The van der Waals surface area contributed by atoms with E-state index in [2.05, 4.69) is 17.6 Å². The number of urea groups is 1. The smallest absolute Gasteiger partial charge is 0.326 e. The number of primary amides is 1. The average molecular weight is 301 g/mol. The fourth-order valence-corrected chi connectivity index (χ4v) is 1.86. The minimum absolute atomic E-state index is 0.00486. The zero-order chi connectivity index (χ0) is 16.1. The van der Waals surface area contributed by atoms with Gasteiger partial charge in [0.15, 0.2) is 0 Å². The number of unbranched alkanes of at least 4 members (excludes halogenated alkanes) is 5. The Balaban J connectivity index is 3.78. The molecule has 0 aromatic carbocycles. The van der Waals surface area contributed by atoms with Crippen LogP contribution in [0.3, 0.4) is 0 Å². The monoisotopic (exact) mass is 301 g/mol. The molecule has 0 bridgehead atoms. The summed E-state index contributed by atoms with van der Waals surface area (Å²) in [7, 11) is 0. The van der Waals surface area contributed by atoms with E-state index in [0.29, 0.717) is 6.54 Å². The molecule has 0 spiro atoms. The first kappa shape index (κ1) is 19.2. The second-order valence-electron chi connectivity index (χ2n) is 5.06. The van der Waals surface area contributed by atoms with Crippen molar-refractivity contribution in [3.8, 4) is 0 Å². The van der Waals surface area contributed by atoms with Crippen LogP contribution in [0.5, 0.6) is 0 Å². The molecule has 0 aromatic rings. The van der Waals surface area contributed by atoms with E-state index in [-0.39, 0.29) is 12.8 Å². The third-order valence-electron chi connectivity index (χ3n) is 3.10. The molecule has 7 nitrogen and oxygen atoms in total. The van der Waals surface area contributed by atoms with Gasteiger partial charge in [0, 0.05) is 13.0 Å². The van der Waals surface area contributed by atoms with E-state index < -0.39 is 23.9 Å². The summed E-state index contributed by atoms with van der Waals surface area (Å²) in [6, 6.07) is -1.62. The van der Waals surface area contributed by atoms with Gasteiger partial charge >= 0.3 is 12.0 Å². The predicted octanol–water partition coefficient (Wildman–Crippen LogP) is 1.36. The summed E-state index contributed by atoms with van der Waals surface area (Å²) in [5.41, 5.74) is 4.96. The van der Waals surface area contributed by atoms with Gasteiger partial charge in [-0.15, -0.1) is 0 Å². The number of carbonyl (C=O) groups is 3. The lowest BCUT2D eigenvalue weighted by Crippen LogP contribution is -2.46. The maximum Gasteiger partial charge on any atom is 0.326 e. The Morgan fingerprint density at radius 3 is 2.29 bits per heavy atom. The first-order valence-electron chi connectivity index (χ1n) is 7.52. The maximum absolute atomic E-state index is 11.5. The van der Waals surface area contributed by atoms with E-state index in [4.69, 9.17) is 10.8 Å². The first-order valence-corrected chi connectivity index (χ1v) is 7.52. The highest BCUT2D eigenvalue weighted by atomic mass is 16.4. The van der Waals surface area contributed by atoms with Gasteiger partial charge in [0.25, 0.3) is 0 Å². The van der Waals surface area contributed by atoms with E-state index in [9.17, 15) is 14.4 Å². The van der Waals surface area contributed by atoms with Gasteiger partial charge in [-0.05, 0) is 12.8 Å². The molecule has 0 aliphatic carbocycles. The molecular formula is C14H27N3O4. The van der Waals surface area contributed by atoms with Crippen molar-refractivity contribution in [2.45, 2.75) is 64.3 Å². The third-order valence-corrected chi connectivity index (χ3v) is 3.10. The van der Waals surface area contributed by atoms with Gasteiger partial charge in [0.1, 0.15) is 6.04 Å². The van der Waals surface area contributed by atoms with Crippen LogP contribution in [0.25, 0.3) is 0 Å². The van der Waals surface area contributed by atoms with Gasteiger partial charge in [-0.3, -0.25) is 4.79 Å². The van der Waals surface area contributed by atoms with Crippen LogP contribution in [-0.2, 0) is 9.59 Å². The van der Waals surface area contributed by atoms with Crippen LogP contribution < -0.4 is 16.4 Å². The van der Waals surface area contributed by atoms with Crippen molar-refractivity contribution in [3.63, 3.8) is 0 Å². The normalized spacial score (nSPS) is 11.7. The highest BCUT2D eigenvalue weighted by Gasteiger charge is 2.20. The minimum atomic E-state index is -1.18.